The molecule has 3 aromatic rings. The Morgan fingerprint density at radius 2 is 1.78 bits per heavy atom. The van der Waals surface area contributed by atoms with Gasteiger partial charge in [-0.1, -0.05) is 0 Å². The number of furan rings is 1. The molecular weight excluding hydrogens is 346 g/mol. The molecule has 0 spiro atoms. The number of nitrogens with zero attached hydrogens (tertiary/aromatic N) is 6. The fourth-order valence-corrected chi connectivity index (χ4v) is 2.86. The third kappa shape index (κ3) is 4.02. The summed E-state index contributed by atoms with van der Waals surface area (Å²) in [5.74, 6) is 1.87. The molecule has 4 rings (SSSR count). The first kappa shape index (κ1) is 17.0. The van der Waals surface area contributed by atoms with Crippen molar-refractivity contribution >= 4 is 17.8 Å². The van der Waals surface area contributed by atoms with E-state index in [0.29, 0.717) is 50.2 Å². The van der Waals surface area contributed by atoms with Crippen molar-refractivity contribution in [3.05, 3.63) is 60.6 Å². The Labute approximate surface area is 156 Å². The minimum Gasteiger partial charge on any atom is -0.467 e. The van der Waals surface area contributed by atoms with Crippen LogP contribution in [0.25, 0.3) is 0 Å². The van der Waals surface area contributed by atoms with Gasteiger partial charge in [0.15, 0.2) is 0 Å². The zero-order valence-corrected chi connectivity index (χ0v) is 14.7. The third-order valence-corrected chi connectivity index (χ3v) is 4.30. The fraction of sp³-hybridized carbons (Fsp3) is 0.278. The van der Waals surface area contributed by atoms with Gasteiger partial charge in [0.05, 0.1) is 18.4 Å². The monoisotopic (exact) mass is 365 g/mol. The molecule has 0 aromatic carbocycles. The third-order valence-electron chi connectivity index (χ3n) is 4.30. The lowest BCUT2D eigenvalue weighted by molar-refractivity contribution is 0.0745. The molecule has 27 heavy (non-hydrogen) atoms. The minimum atomic E-state index is -0.0683. The van der Waals surface area contributed by atoms with Crippen LogP contribution < -0.4 is 10.2 Å². The second-order valence-corrected chi connectivity index (χ2v) is 6.06. The van der Waals surface area contributed by atoms with Gasteiger partial charge in [0.25, 0.3) is 5.91 Å². The van der Waals surface area contributed by atoms with Crippen molar-refractivity contribution in [1.82, 2.24) is 24.8 Å². The van der Waals surface area contributed by atoms with E-state index in [9.17, 15) is 4.79 Å². The Hall–Kier alpha value is -3.49. The Bertz CT molecular complexity index is 860. The molecule has 1 aliphatic rings. The Kier molecular flexibility index (Phi) is 4.91. The number of carbonyl (C=O) groups excluding carboxylic acids is 1. The lowest BCUT2D eigenvalue weighted by atomic mass is 10.2. The number of rotatable bonds is 5. The molecule has 9 heteroatoms. The molecule has 1 aliphatic heterocycles. The van der Waals surface area contributed by atoms with Crippen LogP contribution in [-0.2, 0) is 6.54 Å². The number of hydrogen-bond donors (Lipinski definition) is 1. The van der Waals surface area contributed by atoms with Gasteiger partial charge in [-0.3, -0.25) is 4.79 Å². The number of piperazine rings is 1. The summed E-state index contributed by atoms with van der Waals surface area (Å²) in [5, 5.41) is 3.06. The van der Waals surface area contributed by atoms with Gasteiger partial charge in [0.2, 0.25) is 11.9 Å². The Morgan fingerprint density at radius 1 is 1.04 bits per heavy atom. The molecule has 0 atom stereocenters. The summed E-state index contributed by atoms with van der Waals surface area (Å²) in [6.07, 6.45) is 8.15. The van der Waals surface area contributed by atoms with Gasteiger partial charge in [0.1, 0.15) is 5.76 Å². The summed E-state index contributed by atoms with van der Waals surface area (Å²) in [4.78, 5) is 33.5. The Morgan fingerprint density at radius 3 is 2.44 bits per heavy atom. The van der Waals surface area contributed by atoms with Crippen molar-refractivity contribution in [2.75, 3.05) is 36.4 Å². The second kappa shape index (κ2) is 7.81. The van der Waals surface area contributed by atoms with Crippen LogP contribution >= 0.6 is 0 Å². The minimum absolute atomic E-state index is 0.0683. The normalized spacial score (nSPS) is 14.2. The molecule has 1 saturated heterocycles. The molecule has 1 fully saturated rings. The number of aromatic nitrogens is 4. The van der Waals surface area contributed by atoms with E-state index in [1.807, 2.05) is 12.1 Å². The predicted octanol–water partition coefficient (Wildman–Crippen LogP) is 1.43. The van der Waals surface area contributed by atoms with Crippen LogP contribution in [0.1, 0.15) is 16.1 Å². The molecule has 1 amide bonds. The highest BCUT2D eigenvalue weighted by Crippen LogP contribution is 2.13. The molecule has 0 aliphatic carbocycles. The molecule has 0 unspecified atom stereocenters. The summed E-state index contributed by atoms with van der Waals surface area (Å²) < 4.78 is 5.25. The quantitative estimate of drug-likeness (QED) is 0.725. The number of amides is 1. The van der Waals surface area contributed by atoms with Crippen LogP contribution in [0.2, 0.25) is 0 Å². The summed E-state index contributed by atoms with van der Waals surface area (Å²) >= 11 is 0. The van der Waals surface area contributed by atoms with Gasteiger partial charge in [-0.05, 0) is 18.2 Å². The van der Waals surface area contributed by atoms with Gasteiger partial charge < -0.3 is 19.5 Å². The molecular formula is C18H19N7O2. The Balaban J connectivity index is 1.32. The average Bonchev–Trinajstić information content (AvgIpc) is 3.27. The zero-order chi connectivity index (χ0) is 18.5. The molecule has 0 radical (unpaired) electrons. The maximum absolute atomic E-state index is 12.7. The van der Waals surface area contributed by atoms with Gasteiger partial charge in [0, 0.05) is 51.0 Å². The van der Waals surface area contributed by atoms with E-state index < -0.39 is 0 Å². The number of carbonyl (C=O) groups is 1. The number of hydrogen-bond acceptors (Lipinski definition) is 8. The van der Waals surface area contributed by atoms with Gasteiger partial charge in [-0.15, -0.1) is 0 Å². The standard InChI is InChI=1S/C18H19N7O2/c26-16(24-6-8-25(9-7-24)18-19-4-2-5-20-18)14-11-21-17(22-12-14)23-13-15-3-1-10-27-15/h1-5,10-12H,6-9,13H2,(H,21,22,23). The smallest absolute Gasteiger partial charge is 0.257 e. The maximum atomic E-state index is 12.7. The van der Waals surface area contributed by atoms with Crippen LogP contribution in [0, 0.1) is 0 Å². The molecule has 3 aromatic heterocycles. The molecule has 9 nitrogen and oxygen atoms in total. The highest BCUT2D eigenvalue weighted by molar-refractivity contribution is 5.93. The molecule has 0 bridgehead atoms. The van der Waals surface area contributed by atoms with E-state index in [1.54, 1.807) is 42.0 Å². The van der Waals surface area contributed by atoms with Crippen LogP contribution in [0.5, 0.6) is 0 Å². The first-order valence-corrected chi connectivity index (χ1v) is 8.69. The van der Waals surface area contributed by atoms with Crippen LogP contribution in [0.3, 0.4) is 0 Å². The lowest BCUT2D eigenvalue weighted by Gasteiger charge is -2.34. The van der Waals surface area contributed by atoms with Crippen LogP contribution in [0.15, 0.2) is 53.7 Å². The molecule has 1 N–H and O–H groups in total. The van der Waals surface area contributed by atoms with Crippen LogP contribution in [0.4, 0.5) is 11.9 Å². The first-order chi connectivity index (χ1) is 13.3. The maximum Gasteiger partial charge on any atom is 0.257 e. The van der Waals surface area contributed by atoms with E-state index in [2.05, 4.69) is 30.2 Å². The summed E-state index contributed by atoms with van der Waals surface area (Å²) in [6.45, 7) is 3.09. The van der Waals surface area contributed by atoms with Crippen molar-refractivity contribution in [2.45, 2.75) is 6.54 Å². The topological polar surface area (TPSA) is 100 Å². The molecule has 0 saturated carbocycles. The van der Waals surface area contributed by atoms with E-state index in [4.69, 9.17) is 4.42 Å². The average molecular weight is 365 g/mol. The number of anilines is 2. The van der Waals surface area contributed by atoms with E-state index >= 15 is 0 Å². The van der Waals surface area contributed by atoms with Crippen LogP contribution in [-0.4, -0.2) is 56.9 Å². The largest absolute Gasteiger partial charge is 0.467 e. The van der Waals surface area contributed by atoms with Gasteiger partial charge in [-0.2, -0.15) is 0 Å². The van der Waals surface area contributed by atoms with E-state index in [1.165, 1.54) is 0 Å². The first-order valence-electron chi connectivity index (χ1n) is 8.69. The van der Waals surface area contributed by atoms with E-state index in [0.717, 1.165) is 5.76 Å². The van der Waals surface area contributed by atoms with Gasteiger partial charge >= 0.3 is 0 Å². The highest BCUT2D eigenvalue weighted by atomic mass is 16.3. The molecule has 4 heterocycles. The van der Waals surface area contributed by atoms with E-state index in [-0.39, 0.29) is 5.91 Å². The number of nitrogens with one attached hydrogen (secondary N) is 1. The van der Waals surface area contributed by atoms with Crippen molar-refractivity contribution < 1.29 is 9.21 Å². The second-order valence-electron chi connectivity index (χ2n) is 6.06. The van der Waals surface area contributed by atoms with Crippen molar-refractivity contribution in [3.8, 4) is 0 Å². The van der Waals surface area contributed by atoms with Crippen molar-refractivity contribution in [1.29, 1.82) is 0 Å². The fourth-order valence-electron chi connectivity index (χ4n) is 2.86. The van der Waals surface area contributed by atoms with Crippen molar-refractivity contribution in [3.63, 3.8) is 0 Å². The van der Waals surface area contributed by atoms with Crippen molar-refractivity contribution in [2.24, 2.45) is 0 Å². The SMILES string of the molecule is O=C(c1cnc(NCc2ccco2)nc1)N1CCN(c2ncccn2)CC1. The molecule has 138 valence electrons. The predicted molar refractivity (Wildman–Crippen MR) is 98.2 cm³/mol. The highest BCUT2D eigenvalue weighted by Gasteiger charge is 2.23. The lowest BCUT2D eigenvalue weighted by Crippen LogP contribution is -2.49. The zero-order valence-electron chi connectivity index (χ0n) is 14.7. The summed E-state index contributed by atoms with van der Waals surface area (Å²) in [6, 6.07) is 5.48. The van der Waals surface area contributed by atoms with Gasteiger partial charge in [-0.25, -0.2) is 19.9 Å². The summed E-state index contributed by atoms with van der Waals surface area (Å²) in [7, 11) is 0. The summed E-state index contributed by atoms with van der Waals surface area (Å²) in [5.41, 5.74) is 0.475.